The number of fused-ring (bicyclic) bond motifs is 1. The minimum Gasteiger partial charge on any atom is -0.306 e. The molecular formula is C23H29N5O. The first-order valence-corrected chi connectivity index (χ1v) is 10.4. The largest absolute Gasteiger partial charge is 0.306 e. The predicted molar refractivity (Wildman–Crippen MR) is 114 cm³/mol. The van der Waals surface area contributed by atoms with Crippen molar-refractivity contribution in [2.24, 2.45) is 5.92 Å². The van der Waals surface area contributed by atoms with E-state index in [0.717, 1.165) is 34.4 Å². The number of pyridine rings is 2. The van der Waals surface area contributed by atoms with Crippen molar-refractivity contribution in [1.82, 2.24) is 24.6 Å². The van der Waals surface area contributed by atoms with E-state index in [1.807, 2.05) is 42.2 Å². The van der Waals surface area contributed by atoms with Gasteiger partial charge in [0.15, 0.2) is 0 Å². The van der Waals surface area contributed by atoms with E-state index in [4.69, 9.17) is 0 Å². The van der Waals surface area contributed by atoms with Crippen LogP contribution >= 0.6 is 0 Å². The standard InChI is InChI=1S/C23H29N5O/c1-16-10-20(8-9-24-16)28-23-15-25-19(11-18(23)14-26-28)13-21(29)12-17-6-4-5-7-22(17)27(2)3/h8-11,14-15,17,22H,4-7,12-13H2,1-3H3/t17-,22+/m1/s1. The highest BCUT2D eigenvalue weighted by Gasteiger charge is 2.28. The van der Waals surface area contributed by atoms with Crippen LogP contribution in [-0.2, 0) is 11.2 Å². The highest BCUT2D eigenvalue weighted by molar-refractivity contribution is 5.84. The molecule has 2 atom stereocenters. The summed E-state index contributed by atoms with van der Waals surface area (Å²) in [5.74, 6) is 0.750. The number of aromatic nitrogens is 4. The molecule has 6 nitrogen and oxygen atoms in total. The van der Waals surface area contributed by atoms with Crippen molar-refractivity contribution in [2.75, 3.05) is 14.1 Å². The number of carbonyl (C=O) groups excluding carboxylic acids is 1. The second kappa shape index (κ2) is 8.41. The summed E-state index contributed by atoms with van der Waals surface area (Å²) in [5.41, 5.74) is 3.67. The summed E-state index contributed by atoms with van der Waals surface area (Å²) in [6.07, 6.45) is 11.3. The topological polar surface area (TPSA) is 63.9 Å². The third-order valence-electron chi connectivity index (χ3n) is 6.04. The molecular weight excluding hydrogens is 362 g/mol. The van der Waals surface area contributed by atoms with Crippen LogP contribution in [0.15, 0.2) is 36.8 Å². The molecule has 152 valence electrons. The average Bonchev–Trinajstić information content (AvgIpc) is 3.11. The molecule has 0 N–H and O–H groups in total. The maximum Gasteiger partial charge on any atom is 0.139 e. The number of Topliss-reactive ketones (excluding diaryl/α,β-unsaturated/α-hetero) is 1. The van der Waals surface area contributed by atoms with Crippen LogP contribution in [0, 0.1) is 12.8 Å². The normalized spacial score (nSPS) is 19.7. The number of rotatable bonds is 6. The van der Waals surface area contributed by atoms with Crippen molar-refractivity contribution in [3.05, 3.63) is 48.2 Å². The Kier molecular flexibility index (Phi) is 5.72. The van der Waals surface area contributed by atoms with Gasteiger partial charge in [0.2, 0.25) is 0 Å². The molecule has 0 amide bonds. The quantitative estimate of drug-likeness (QED) is 0.640. The van der Waals surface area contributed by atoms with Gasteiger partial charge >= 0.3 is 0 Å². The Labute approximate surface area is 172 Å². The monoisotopic (exact) mass is 391 g/mol. The number of ketones is 1. The Balaban J connectivity index is 1.48. The Morgan fingerprint density at radius 1 is 1.17 bits per heavy atom. The van der Waals surface area contributed by atoms with Crippen LogP contribution in [0.4, 0.5) is 0 Å². The molecule has 0 aromatic carbocycles. The molecule has 0 saturated heterocycles. The molecule has 0 radical (unpaired) electrons. The fourth-order valence-corrected chi connectivity index (χ4v) is 4.61. The SMILES string of the molecule is Cc1cc(-n2ncc3cc(CC(=O)C[C@H]4CCCC[C@@H]4N(C)C)ncc32)ccn1. The molecule has 1 aliphatic rings. The van der Waals surface area contributed by atoms with Crippen molar-refractivity contribution in [3.63, 3.8) is 0 Å². The molecule has 1 aliphatic carbocycles. The molecule has 29 heavy (non-hydrogen) atoms. The summed E-state index contributed by atoms with van der Waals surface area (Å²) in [6.45, 7) is 1.96. The smallest absolute Gasteiger partial charge is 0.139 e. The van der Waals surface area contributed by atoms with Gasteiger partial charge in [0, 0.05) is 41.9 Å². The highest BCUT2D eigenvalue weighted by atomic mass is 16.1. The molecule has 4 rings (SSSR count). The van der Waals surface area contributed by atoms with E-state index >= 15 is 0 Å². The Hall–Kier alpha value is -2.60. The number of carbonyl (C=O) groups is 1. The van der Waals surface area contributed by atoms with E-state index in [2.05, 4.69) is 34.1 Å². The van der Waals surface area contributed by atoms with Gasteiger partial charge in [-0.1, -0.05) is 12.8 Å². The van der Waals surface area contributed by atoms with Crippen LogP contribution < -0.4 is 0 Å². The van der Waals surface area contributed by atoms with Crippen molar-refractivity contribution in [2.45, 2.75) is 51.5 Å². The van der Waals surface area contributed by atoms with Gasteiger partial charge in [0.25, 0.3) is 0 Å². The second-order valence-electron chi connectivity index (χ2n) is 8.44. The highest BCUT2D eigenvalue weighted by Crippen LogP contribution is 2.30. The van der Waals surface area contributed by atoms with Crippen molar-refractivity contribution < 1.29 is 4.79 Å². The van der Waals surface area contributed by atoms with Gasteiger partial charge < -0.3 is 4.90 Å². The fourth-order valence-electron chi connectivity index (χ4n) is 4.61. The van der Waals surface area contributed by atoms with Crippen molar-refractivity contribution >= 4 is 16.7 Å². The van der Waals surface area contributed by atoms with Gasteiger partial charge in [-0.25, -0.2) is 4.68 Å². The number of hydrogen-bond acceptors (Lipinski definition) is 5. The number of aryl methyl sites for hydroxylation is 1. The molecule has 0 bridgehead atoms. The lowest BCUT2D eigenvalue weighted by molar-refractivity contribution is -0.120. The molecule has 0 spiro atoms. The van der Waals surface area contributed by atoms with Crippen LogP contribution in [0.5, 0.6) is 0 Å². The zero-order valence-electron chi connectivity index (χ0n) is 17.5. The fraction of sp³-hybridized carbons (Fsp3) is 0.478. The third kappa shape index (κ3) is 4.37. The van der Waals surface area contributed by atoms with Crippen molar-refractivity contribution in [1.29, 1.82) is 0 Å². The summed E-state index contributed by atoms with van der Waals surface area (Å²) in [4.78, 5) is 23.9. The zero-order chi connectivity index (χ0) is 20.4. The van der Waals surface area contributed by atoms with E-state index < -0.39 is 0 Å². The molecule has 0 unspecified atom stereocenters. The van der Waals surface area contributed by atoms with E-state index in [-0.39, 0.29) is 5.78 Å². The summed E-state index contributed by atoms with van der Waals surface area (Å²) < 4.78 is 1.87. The summed E-state index contributed by atoms with van der Waals surface area (Å²) >= 11 is 0. The molecule has 1 saturated carbocycles. The van der Waals surface area contributed by atoms with E-state index in [9.17, 15) is 4.79 Å². The molecule has 3 aromatic heterocycles. The molecule has 3 aromatic rings. The first-order chi connectivity index (χ1) is 14.0. The van der Waals surface area contributed by atoms with Crippen LogP contribution in [0.3, 0.4) is 0 Å². The maximum absolute atomic E-state index is 12.8. The summed E-state index contributed by atoms with van der Waals surface area (Å²) in [5, 5.41) is 5.51. The minimum absolute atomic E-state index is 0.285. The Bertz CT molecular complexity index is 1010. The molecule has 3 heterocycles. The summed E-state index contributed by atoms with van der Waals surface area (Å²) in [7, 11) is 4.26. The van der Waals surface area contributed by atoms with E-state index in [1.165, 1.54) is 19.3 Å². The van der Waals surface area contributed by atoms with Crippen LogP contribution in [0.25, 0.3) is 16.6 Å². The maximum atomic E-state index is 12.8. The van der Waals surface area contributed by atoms with Crippen LogP contribution in [0.2, 0.25) is 0 Å². The number of nitrogens with zero attached hydrogens (tertiary/aromatic N) is 5. The van der Waals surface area contributed by atoms with Gasteiger partial charge in [-0.2, -0.15) is 5.10 Å². The van der Waals surface area contributed by atoms with Gasteiger partial charge in [0.1, 0.15) is 5.78 Å². The average molecular weight is 392 g/mol. The lowest BCUT2D eigenvalue weighted by Crippen LogP contribution is -2.38. The first kappa shape index (κ1) is 19.7. The Morgan fingerprint density at radius 3 is 2.79 bits per heavy atom. The molecule has 1 fully saturated rings. The Morgan fingerprint density at radius 2 is 2.00 bits per heavy atom. The van der Waals surface area contributed by atoms with Crippen molar-refractivity contribution in [3.8, 4) is 5.69 Å². The van der Waals surface area contributed by atoms with Gasteiger partial charge in [-0.15, -0.1) is 0 Å². The van der Waals surface area contributed by atoms with Crippen LogP contribution in [-0.4, -0.2) is 50.6 Å². The lowest BCUT2D eigenvalue weighted by atomic mass is 9.80. The van der Waals surface area contributed by atoms with Crippen LogP contribution in [0.1, 0.15) is 43.5 Å². The van der Waals surface area contributed by atoms with Gasteiger partial charge in [-0.05, 0) is 58.0 Å². The predicted octanol–water partition coefficient (Wildman–Crippen LogP) is 3.75. The summed E-state index contributed by atoms with van der Waals surface area (Å²) in [6, 6.07) is 6.44. The molecule has 6 heteroatoms. The second-order valence-corrected chi connectivity index (χ2v) is 8.44. The first-order valence-electron chi connectivity index (χ1n) is 10.4. The number of hydrogen-bond donors (Lipinski definition) is 0. The third-order valence-corrected chi connectivity index (χ3v) is 6.04. The molecule has 0 aliphatic heterocycles. The van der Waals surface area contributed by atoms with E-state index in [0.29, 0.717) is 24.8 Å². The lowest BCUT2D eigenvalue weighted by Gasteiger charge is -2.35. The zero-order valence-corrected chi connectivity index (χ0v) is 17.5. The van der Waals surface area contributed by atoms with E-state index in [1.54, 1.807) is 6.20 Å². The van der Waals surface area contributed by atoms with Gasteiger partial charge in [-0.3, -0.25) is 14.8 Å². The van der Waals surface area contributed by atoms with Gasteiger partial charge in [0.05, 0.1) is 23.6 Å². The minimum atomic E-state index is 0.285.